The molecule has 0 aromatic heterocycles. The fourth-order valence-corrected chi connectivity index (χ4v) is 5.85. The first-order valence-electron chi connectivity index (χ1n) is 10.7. The molecule has 6 heteroatoms. The summed E-state index contributed by atoms with van der Waals surface area (Å²) in [7, 11) is 0. The van der Waals surface area contributed by atoms with Crippen molar-refractivity contribution in [3.8, 4) is 0 Å². The van der Waals surface area contributed by atoms with Gasteiger partial charge in [0.25, 0.3) is 0 Å². The predicted molar refractivity (Wildman–Crippen MR) is 110 cm³/mol. The molecule has 1 N–H and O–H groups in total. The van der Waals surface area contributed by atoms with Crippen molar-refractivity contribution in [2.75, 3.05) is 6.54 Å². The summed E-state index contributed by atoms with van der Waals surface area (Å²) in [4.78, 5) is 28.4. The number of hydrogen-bond donors (Lipinski definition) is 1. The molecule has 2 saturated heterocycles. The van der Waals surface area contributed by atoms with Crippen LogP contribution in [0.2, 0.25) is 5.02 Å². The molecular formula is C23H27ClN2O3. The quantitative estimate of drug-likeness (QED) is 0.769. The highest BCUT2D eigenvalue weighted by molar-refractivity contribution is 6.31. The lowest BCUT2D eigenvalue weighted by atomic mass is 9.76. The SMILES string of the molecule is C[C@@H]1CCCC[C@@H]1NC(=O)[C@@H]1[C@H]2C=C[C@]3(CN(Cc4ccccc4Cl)C(=O)[C@@H]13)O2. The van der Waals surface area contributed by atoms with Crippen LogP contribution in [-0.4, -0.2) is 41.0 Å². The minimum Gasteiger partial charge on any atom is -0.360 e. The molecule has 1 aromatic rings. The summed E-state index contributed by atoms with van der Waals surface area (Å²) in [5, 5.41) is 3.90. The van der Waals surface area contributed by atoms with Crippen molar-refractivity contribution < 1.29 is 14.3 Å². The van der Waals surface area contributed by atoms with Gasteiger partial charge in [-0.1, -0.05) is 61.7 Å². The van der Waals surface area contributed by atoms with E-state index in [2.05, 4.69) is 12.2 Å². The van der Waals surface area contributed by atoms with Gasteiger partial charge in [-0.3, -0.25) is 9.59 Å². The Balaban J connectivity index is 1.35. The summed E-state index contributed by atoms with van der Waals surface area (Å²) < 4.78 is 6.23. The maximum atomic E-state index is 13.3. The van der Waals surface area contributed by atoms with Gasteiger partial charge in [-0.25, -0.2) is 0 Å². The standard InChI is InChI=1S/C23H27ClN2O3/c1-14-6-2-5-9-17(14)25-21(27)19-18-10-11-23(29-18)13-26(22(28)20(19)23)12-15-7-3-4-8-16(15)24/h3-4,7-8,10-11,14,17-20H,2,5-6,9,12-13H2,1H3,(H,25,27)/t14-,17+,18-,19-,20-,23-/m1/s1. The van der Waals surface area contributed by atoms with Crippen molar-refractivity contribution in [1.29, 1.82) is 0 Å². The van der Waals surface area contributed by atoms with Gasteiger partial charge < -0.3 is 15.0 Å². The van der Waals surface area contributed by atoms with E-state index in [-0.39, 0.29) is 24.0 Å². The van der Waals surface area contributed by atoms with E-state index in [0.29, 0.717) is 24.0 Å². The summed E-state index contributed by atoms with van der Waals surface area (Å²) in [6, 6.07) is 7.77. The van der Waals surface area contributed by atoms with E-state index < -0.39 is 17.4 Å². The zero-order valence-electron chi connectivity index (χ0n) is 16.6. The van der Waals surface area contributed by atoms with Crippen LogP contribution in [0.5, 0.6) is 0 Å². The van der Waals surface area contributed by atoms with E-state index >= 15 is 0 Å². The number of halogens is 1. The Morgan fingerprint density at radius 2 is 2.10 bits per heavy atom. The molecule has 3 fully saturated rings. The molecule has 4 aliphatic rings. The van der Waals surface area contributed by atoms with Gasteiger partial charge in [0.05, 0.1) is 24.5 Å². The smallest absolute Gasteiger partial charge is 0.230 e. The number of likely N-dealkylation sites (tertiary alicyclic amines) is 1. The third kappa shape index (κ3) is 3.10. The van der Waals surface area contributed by atoms with Crippen LogP contribution in [0.3, 0.4) is 0 Å². The van der Waals surface area contributed by atoms with E-state index in [9.17, 15) is 9.59 Å². The average Bonchev–Trinajstić information content (AvgIpc) is 3.34. The number of nitrogens with zero attached hydrogens (tertiary/aromatic N) is 1. The van der Waals surface area contributed by atoms with E-state index in [0.717, 1.165) is 24.8 Å². The van der Waals surface area contributed by atoms with Crippen molar-refractivity contribution in [3.05, 3.63) is 47.0 Å². The van der Waals surface area contributed by atoms with Gasteiger partial charge in [0.15, 0.2) is 0 Å². The lowest BCUT2D eigenvalue weighted by molar-refractivity contribution is -0.138. The van der Waals surface area contributed by atoms with Gasteiger partial charge in [0.2, 0.25) is 11.8 Å². The average molecular weight is 415 g/mol. The number of nitrogens with one attached hydrogen (secondary N) is 1. The molecule has 29 heavy (non-hydrogen) atoms. The van der Waals surface area contributed by atoms with E-state index in [4.69, 9.17) is 16.3 Å². The van der Waals surface area contributed by atoms with Crippen molar-refractivity contribution >= 4 is 23.4 Å². The highest BCUT2D eigenvalue weighted by Gasteiger charge is 2.66. The molecule has 3 aliphatic heterocycles. The number of carbonyl (C=O) groups is 2. The largest absolute Gasteiger partial charge is 0.360 e. The molecule has 1 spiro atoms. The van der Waals surface area contributed by atoms with Crippen LogP contribution >= 0.6 is 11.6 Å². The molecule has 1 aromatic carbocycles. The Morgan fingerprint density at radius 3 is 2.90 bits per heavy atom. The summed E-state index contributed by atoms with van der Waals surface area (Å²) >= 11 is 6.30. The predicted octanol–water partition coefficient (Wildman–Crippen LogP) is 3.32. The fraction of sp³-hybridized carbons (Fsp3) is 0.565. The topological polar surface area (TPSA) is 58.6 Å². The van der Waals surface area contributed by atoms with E-state index in [1.165, 1.54) is 6.42 Å². The van der Waals surface area contributed by atoms with Crippen LogP contribution in [0, 0.1) is 17.8 Å². The van der Waals surface area contributed by atoms with Gasteiger partial charge in [0.1, 0.15) is 5.60 Å². The summed E-state index contributed by atoms with van der Waals surface area (Å²) in [5.41, 5.74) is 0.234. The molecule has 2 bridgehead atoms. The molecule has 3 heterocycles. The first kappa shape index (κ1) is 19.1. The number of amides is 2. The normalized spacial score (nSPS) is 37.8. The van der Waals surface area contributed by atoms with Crippen molar-refractivity contribution in [2.45, 2.75) is 56.9 Å². The third-order valence-corrected chi connectivity index (χ3v) is 7.61. The minimum atomic E-state index is -0.677. The zero-order chi connectivity index (χ0) is 20.2. The maximum Gasteiger partial charge on any atom is 0.230 e. The molecule has 5 rings (SSSR count). The van der Waals surface area contributed by atoms with Crippen LogP contribution in [0.4, 0.5) is 0 Å². The van der Waals surface area contributed by atoms with E-state index in [1.807, 2.05) is 36.4 Å². The highest BCUT2D eigenvalue weighted by Crippen LogP contribution is 2.52. The Hall–Kier alpha value is -1.85. The van der Waals surface area contributed by atoms with Gasteiger partial charge in [-0.05, 0) is 30.4 Å². The first-order valence-corrected chi connectivity index (χ1v) is 11.1. The van der Waals surface area contributed by atoms with Gasteiger partial charge in [-0.15, -0.1) is 0 Å². The van der Waals surface area contributed by atoms with Crippen LogP contribution in [0.25, 0.3) is 0 Å². The fourth-order valence-electron chi connectivity index (χ4n) is 5.65. The number of benzene rings is 1. The molecule has 1 aliphatic carbocycles. The number of rotatable bonds is 4. The molecular weight excluding hydrogens is 388 g/mol. The highest BCUT2D eigenvalue weighted by atomic mass is 35.5. The molecule has 1 saturated carbocycles. The van der Waals surface area contributed by atoms with Crippen molar-refractivity contribution in [2.24, 2.45) is 17.8 Å². The minimum absolute atomic E-state index is 0.00591. The Morgan fingerprint density at radius 1 is 1.31 bits per heavy atom. The van der Waals surface area contributed by atoms with Gasteiger partial charge >= 0.3 is 0 Å². The summed E-state index contributed by atoms with van der Waals surface area (Å²) in [5.74, 6) is -0.448. The lowest BCUT2D eigenvalue weighted by Crippen LogP contribution is -2.49. The van der Waals surface area contributed by atoms with Crippen LogP contribution in [-0.2, 0) is 20.9 Å². The summed E-state index contributed by atoms with van der Waals surface area (Å²) in [6.45, 7) is 3.11. The number of carbonyl (C=O) groups excluding carboxylic acids is 2. The number of fused-ring (bicyclic) bond motifs is 1. The number of ether oxygens (including phenoxy) is 1. The second-order valence-corrected chi connectivity index (χ2v) is 9.47. The third-order valence-electron chi connectivity index (χ3n) is 7.24. The second kappa shape index (κ2) is 7.13. The van der Waals surface area contributed by atoms with Crippen molar-refractivity contribution in [3.63, 3.8) is 0 Å². The van der Waals surface area contributed by atoms with E-state index in [1.54, 1.807) is 4.90 Å². The van der Waals surface area contributed by atoms with Crippen molar-refractivity contribution in [1.82, 2.24) is 10.2 Å². The molecule has 0 radical (unpaired) electrons. The Labute approximate surface area is 176 Å². The second-order valence-electron chi connectivity index (χ2n) is 9.06. The number of hydrogen-bond acceptors (Lipinski definition) is 3. The molecule has 2 amide bonds. The van der Waals surface area contributed by atoms with Crippen LogP contribution < -0.4 is 5.32 Å². The molecule has 0 unspecified atom stereocenters. The Bertz CT molecular complexity index is 871. The lowest BCUT2D eigenvalue weighted by Gasteiger charge is -2.32. The molecule has 6 atom stereocenters. The van der Waals surface area contributed by atoms with Crippen LogP contribution in [0.15, 0.2) is 36.4 Å². The summed E-state index contributed by atoms with van der Waals surface area (Å²) in [6.07, 6.45) is 8.21. The molecule has 154 valence electrons. The Kier molecular flexibility index (Phi) is 4.71. The molecule has 5 nitrogen and oxygen atoms in total. The monoisotopic (exact) mass is 414 g/mol. The maximum absolute atomic E-state index is 13.3. The van der Waals surface area contributed by atoms with Crippen LogP contribution in [0.1, 0.15) is 38.2 Å². The van der Waals surface area contributed by atoms with Gasteiger partial charge in [-0.2, -0.15) is 0 Å². The zero-order valence-corrected chi connectivity index (χ0v) is 17.4. The first-order chi connectivity index (χ1) is 14.0. The van der Waals surface area contributed by atoms with Gasteiger partial charge in [0, 0.05) is 17.6 Å².